The second-order valence-electron chi connectivity index (χ2n) is 10.7. The Labute approximate surface area is 228 Å². The number of hydrogen-bond acceptors (Lipinski definition) is 4. The largest absolute Gasteiger partial charge is 0.466 e. The first kappa shape index (κ1) is 33.2. The van der Waals surface area contributed by atoms with Crippen LogP contribution in [0.2, 0.25) is 0 Å². The van der Waals surface area contributed by atoms with Crippen LogP contribution in [0.3, 0.4) is 0 Å². The first-order chi connectivity index (χ1) is 18.1. The molecule has 4 nitrogen and oxygen atoms in total. The highest BCUT2D eigenvalue weighted by Crippen LogP contribution is 2.15. The predicted octanol–water partition coefficient (Wildman–Crippen LogP) is 10.0. The summed E-state index contributed by atoms with van der Waals surface area (Å²) >= 11 is 0. The fraction of sp³-hybridized carbons (Fsp3) is 0.758. The predicted molar refractivity (Wildman–Crippen MR) is 155 cm³/mol. The molecule has 0 aliphatic heterocycles. The maximum atomic E-state index is 11.9. The minimum atomic E-state index is -0.160. The molecule has 0 saturated heterocycles. The molecule has 0 amide bonds. The maximum Gasteiger partial charge on any atom is 0.311 e. The van der Waals surface area contributed by atoms with E-state index in [4.69, 9.17) is 9.47 Å². The maximum absolute atomic E-state index is 11.9. The van der Waals surface area contributed by atoms with Gasteiger partial charge in [-0.25, -0.2) is 0 Å². The monoisotopic (exact) mass is 516 g/mol. The average Bonchev–Trinajstić information content (AvgIpc) is 2.88. The zero-order valence-corrected chi connectivity index (χ0v) is 24.2. The number of benzene rings is 1. The minimum Gasteiger partial charge on any atom is -0.466 e. The molecule has 212 valence electrons. The SMILES string of the molecule is CCCCCCCCCCCCCCCCOC(=O)CCCCCCCCC(=O)Oc1cccc(C)c1. The van der Waals surface area contributed by atoms with Crippen LogP contribution in [-0.4, -0.2) is 18.5 Å². The molecule has 0 atom stereocenters. The molecule has 1 aromatic rings. The highest BCUT2D eigenvalue weighted by Gasteiger charge is 2.06. The van der Waals surface area contributed by atoms with Gasteiger partial charge < -0.3 is 9.47 Å². The first-order valence-corrected chi connectivity index (χ1v) is 15.5. The van der Waals surface area contributed by atoms with Gasteiger partial charge in [-0.2, -0.15) is 0 Å². The first-order valence-electron chi connectivity index (χ1n) is 15.5. The zero-order valence-electron chi connectivity index (χ0n) is 24.2. The molecule has 4 heteroatoms. The number of aryl methyl sites for hydroxylation is 1. The van der Waals surface area contributed by atoms with Crippen LogP contribution < -0.4 is 4.74 Å². The third-order valence-electron chi connectivity index (χ3n) is 6.99. The Bertz CT molecular complexity index is 685. The van der Waals surface area contributed by atoms with Crippen molar-refractivity contribution < 1.29 is 19.1 Å². The number of hydrogen-bond donors (Lipinski definition) is 0. The van der Waals surface area contributed by atoms with Gasteiger partial charge in [-0.1, -0.05) is 128 Å². The molecule has 0 spiro atoms. The smallest absolute Gasteiger partial charge is 0.311 e. The fourth-order valence-electron chi connectivity index (χ4n) is 4.66. The third-order valence-corrected chi connectivity index (χ3v) is 6.99. The van der Waals surface area contributed by atoms with Gasteiger partial charge in [0.25, 0.3) is 0 Å². The summed E-state index contributed by atoms with van der Waals surface area (Å²) in [7, 11) is 0. The van der Waals surface area contributed by atoms with Crippen molar-refractivity contribution in [3.8, 4) is 5.75 Å². The number of carbonyl (C=O) groups is 2. The lowest BCUT2D eigenvalue weighted by molar-refractivity contribution is -0.144. The van der Waals surface area contributed by atoms with Crippen molar-refractivity contribution in [1.29, 1.82) is 0 Å². The normalized spacial score (nSPS) is 11.0. The fourth-order valence-corrected chi connectivity index (χ4v) is 4.66. The average molecular weight is 517 g/mol. The number of rotatable bonds is 25. The Hall–Kier alpha value is -1.84. The van der Waals surface area contributed by atoms with Gasteiger partial charge in [0.15, 0.2) is 0 Å². The second-order valence-corrected chi connectivity index (χ2v) is 10.7. The number of unbranched alkanes of at least 4 members (excludes halogenated alkanes) is 18. The lowest BCUT2D eigenvalue weighted by atomic mass is 10.0. The van der Waals surface area contributed by atoms with Crippen molar-refractivity contribution in [3.63, 3.8) is 0 Å². The molecule has 0 radical (unpaired) electrons. The quantitative estimate of drug-likeness (QED) is 0.0737. The van der Waals surface area contributed by atoms with Gasteiger partial charge in [0.05, 0.1) is 6.61 Å². The van der Waals surface area contributed by atoms with Gasteiger partial charge >= 0.3 is 11.9 Å². The molecule has 1 aromatic carbocycles. The van der Waals surface area contributed by atoms with E-state index in [9.17, 15) is 9.59 Å². The topological polar surface area (TPSA) is 52.6 Å². The van der Waals surface area contributed by atoms with Crippen LogP contribution in [0, 0.1) is 6.92 Å². The van der Waals surface area contributed by atoms with Gasteiger partial charge in [0.1, 0.15) is 5.75 Å². The summed E-state index contributed by atoms with van der Waals surface area (Å²) in [5.41, 5.74) is 1.09. The second kappa shape index (κ2) is 24.5. The molecular weight excluding hydrogens is 460 g/mol. The summed E-state index contributed by atoms with van der Waals surface area (Å²) < 4.78 is 10.8. The van der Waals surface area contributed by atoms with E-state index < -0.39 is 0 Å². The van der Waals surface area contributed by atoms with Crippen molar-refractivity contribution in [2.24, 2.45) is 0 Å². The molecule has 0 aliphatic carbocycles. The zero-order chi connectivity index (χ0) is 26.8. The van der Waals surface area contributed by atoms with Crippen LogP contribution in [-0.2, 0) is 14.3 Å². The van der Waals surface area contributed by atoms with E-state index in [1.54, 1.807) is 0 Å². The van der Waals surface area contributed by atoms with E-state index in [0.717, 1.165) is 50.5 Å². The lowest BCUT2D eigenvalue weighted by Gasteiger charge is -2.06. The van der Waals surface area contributed by atoms with Crippen molar-refractivity contribution in [1.82, 2.24) is 0 Å². The Kier molecular flexibility index (Phi) is 22.0. The van der Waals surface area contributed by atoms with Crippen LogP contribution in [0.25, 0.3) is 0 Å². The highest BCUT2D eigenvalue weighted by atomic mass is 16.5. The van der Waals surface area contributed by atoms with Crippen molar-refractivity contribution in [2.75, 3.05) is 6.61 Å². The Morgan fingerprint density at radius 3 is 1.57 bits per heavy atom. The number of carbonyl (C=O) groups excluding carboxylic acids is 2. The van der Waals surface area contributed by atoms with E-state index in [-0.39, 0.29) is 11.9 Å². The molecule has 0 fully saturated rings. The van der Waals surface area contributed by atoms with Crippen LogP contribution in [0.1, 0.15) is 154 Å². The van der Waals surface area contributed by atoms with Crippen molar-refractivity contribution in [3.05, 3.63) is 29.8 Å². The molecule has 0 saturated carbocycles. The summed E-state index contributed by atoms with van der Waals surface area (Å²) in [6.45, 7) is 4.84. The lowest BCUT2D eigenvalue weighted by Crippen LogP contribution is -2.07. The summed E-state index contributed by atoms with van der Waals surface area (Å²) in [4.78, 5) is 23.8. The Balaban J connectivity index is 1.78. The van der Waals surface area contributed by atoms with Gasteiger partial charge in [0, 0.05) is 12.8 Å². The van der Waals surface area contributed by atoms with Crippen LogP contribution in [0.5, 0.6) is 5.75 Å². The molecule has 0 unspecified atom stereocenters. The Morgan fingerprint density at radius 1 is 0.595 bits per heavy atom. The third kappa shape index (κ3) is 21.9. The summed E-state index contributed by atoms with van der Waals surface area (Å²) in [5, 5.41) is 0. The number of esters is 2. The highest BCUT2D eigenvalue weighted by molar-refractivity contribution is 5.72. The van der Waals surface area contributed by atoms with Gasteiger partial charge in [-0.15, -0.1) is 0 Å². The van der Waals surface area contributed by atoms with E-state index in [1.807, 2.05) is 31.2 Å². The number of ether oxygens (including phenoxy) is 2. The Morgan fingerprint density at radius 2 is 1.05 bits per heavy atom. The van der Waals surface area contributed by atoms with Gasteiger partial charge in [-0.3, -0.25) is 9.59 Å². The van der Waals surface area contributed by atoms with E-state index in [0.29, 0.717) is 25.2 Å². The van der Waals surface area contributed by atoms with Crippen LogP contribution >= 0.6 is 0 Å². The van der Waals surface area contributed by atoms with Crippen molar-refractivity contribution in [2.45, 2.75) is 155 Å². The molecular formula is C33H56O4. The summed E-state index contributed by atoms with van der Waals surface area (Å²) in [5.74, 6) is 0.418. The van der Waals surface area contributed by atoms with Gasteiger partial charge in [0.2, 0.25) is 0 Å². The summed E-state index contributed by atoms with van der Waals surface area (Å²) in [6.07, 6.45) is 25.7. The molecule has 1 rings (SSSR count). The minimum absolute atomic E-state index is 0.0476. The molecule has 0 N–H and O–H groups in total. The van der Waals surface area contributed by atoms with E-state index >= 15 is 0 Å². The standard InChI is InChI=1S/C33H56O4/c1-3-4-5-6-7-8-9-10-11-12-13-16-19-22-28-36-32(34)26-20-17-14-15-18-21-27-33(35)37-31-25-23-24-30(2)29-31/h23-25,29H,3-22,26-28H2,1-2H3. The molecule has 0 aromatic heterocycles. The molecule has 0 aliphatic rings. The summed E-state index contributed by atoms with van der Waals surface area (Å²) in [6, 6.07) is 7.57. The van der Waals surface area contributed by atoms with E-state index in [1.165, 1.54) is 83.5 Å². The van der Waals surface area contributed by atoms with Gasteiger partial charge in [-0.05, 0) is 43.9 Å². The van der Waals surface area contributed by atoms with Crippen LogP contribution in [0.4, 0.5) is 0 Å². The van der Waals surface area contributed by atoms with E-state index in [2.05, 4.69) is 6.92 Å². The molecule has 37 heavy (non-hydrogen) atoms. The van der Waals surface area contributed by atoms with Crippen molar-refractivity contribution >= 4 is 11.9 Å². The van der Waals surface area contributed by atoms with Crippen LogP contribution in [0.15, 0.2) is 24.3 Å². The molecule has 0 bridgehead atoms. The molecule has 0 heterocycles.